The lowest BCUT2D eigenvalue weighted by Crippen LogP contribution is -2.40. The molecule has 0 aliphatic carbocycles. The van der Waals surface area contributed by atoms with Gasteiger partial charge in [-0.25, -0.2) is 0 Å². The highest BCUT2D eigenvalue weighted by Gasteiger charge is 2.27. The molecule has 1 aliphatic rings. The zero-order valence-corrected chi connectivity index (χ0v) is 16.3. The van der Waals surface area contributed by atoms with Crippen molar-refractivity contribution in [3.8, 4) is 5.75 Å². The molecule has 1 unspecified atom stereocenters. The zero-order valence-electron chi connectivity index (χ0n) is 15.6. The molecular weight excluding hydrogens is 382 g/mol. The Morgan fingerprint density at radius 3 is 2.89 bits per heavy atom. The van der Waals surface area contributed by atoms with Crippen molar-refractivity contribution in [1.82, 2.24) is 4.90 Å². The second-order valence-corrected chi connectivity index (χ2v) is 7.27. The molecule has 1 atom stereocenters. The highest BCUT2D eigenvalue weighted by atomic mass is 35.5. The second kappa shape index (κ2) is 9.03. The maximum Gasteiger partial charge on any atom is 0.271 e. The highest BCUT2D eigenvalue weighted by molar-refractivity contribution is 6.30. The number of nitrogens with one attached hydrogen (secondary N) is 1. The molecule has 28 heavy (non-hydrogen) atoms. The monoisotopic (exact) mass is 403 g/mol. The van der Waals surface area contributed by atoms with E-state index in [4.69, 9.17) is 16.3 Å². The van der Waals surface area contributed by atoms with E-state index in [2.05, 4.69) is 10.2 Å². The number of rotatable bonds is 6. The van der Waals surface area contributed by atoms with E-state index in [9.17, 15) is 14.9 Å². The third-order valence-electron chi connectivity index (χ3n) is 4.82. The topological polar surface area (TPSA) is 84.7 Å². The molecule has 2 aromatic carbocycles. The minimum Gasteiger partial charge on any atom is -0.495 e. The minimum absolute atomic E-state index is 0.0951. The molecule has 7 nitrogen and oxygen atoms in total. The van der Waals surface area contributed by atoms with E-state index in [1.54, 1.807) is 0 Å². The predicted molar refractivity (Wildman–Crippen MR) is 108 cm³/mol. The lowest BCUT2D eigenvalue weighted by molar-refractivity contribution is -0.384. The zero-order chi connectivity index (χ0) is 20.1. The number of carbonyl (C=O) groups excluding carboxylic acids is 1. The minimum atomic E-state index is -0.498. The van der Waals surface area contributed by atoms with E-state index < -0.39 is 4.92 Å². The highest BCUT2D eigenvalue weighted by Crippen LogP contribution is 2.30. The Morgan fingerprint density at radius 1 is 1.36 bits per heavy atom. The van der Waals surface area contributed by atoms with Crippen molar-refractivity contribution in [3.63, 3.8) is 0 Å². The van der Waals surface area contributed by atoms with Crippen molar-refractivity contribution in [1.29, 1.82) is 0 Å². The first-order chi connectivity index (χ1) is 13.5. The number of nitrogens with zero attached hydrogens (tertiary/aromatic N) is 2. The summed E-state index contributed by atoms with van der Waals surface area (Å²) >= 11 is 6.05. The van der Waals surface area contributed by atoms with Gasteiger partial charge in [0.2, 0.25) is 5.91 Å². The average Bonchev–Trinajstić information content (AvgIpc) is 2.68. The first-order valence-electron chi connectivity index (χ1n) is 9.06. The number of anilines is 1. The molecule has 0 spiro atoms. The number of methoxy groups -OCH3 is 1. The fourth-order valence-corrected chi connectivity index (χ4v) is 3.66. The standard InChI is InChI=1S/C20H22ClN3O4/c1-28-19-8-7-17(24(26)27)11-18(19)22-20(25)15-5-3-9-23(13-15)12-14-4-2-6-16(21)10-14/h2,4,6-8,10-11,15H,3,5,9,12-13H2,1H3,(H,22,25). The van der Waals surface area contributed by atoms with E-state index in [0.29, 0.717) is 23.0 Å². The van der Waals surface area contributed by atoms with Gasteiger partial charge in [-0.1, -0.05) is 23.7 Å². The molecule has 0 saturated carbocycles. The van der Waals surface area contributed by atoms with E-state index in [1.165, 1.54) is 25.3 Å². The molecule has 3 rings (SSSR count). The Labute approximate surface area is 168 Å². The molecule has 0 radical (unpaired) electrons. The fraction of sp³-hybridized carbons (Fsp3) is 0.350. The van der Waals surface area contributed by atoms with Gasteiger partial charge in [-0.2, -0.15) is 0 Å². The maximum absolute atomic E-state index is 12.8. The van der Waals surface area contributed by atoms with Crippen molar-refractivity contribution in [3.05, 3.63) is 63.2 Å². The molecule has 1 fully saturated rings. The maximum atomic E-state index is 12.8. The predicted octanol–water partition coefficient (Wildman–Crippen LogP) is 4.11. The summed E-state index contributed by atoms with van der Waals surface area (Å²) < 4.78 is 5.22. The largest absolute Gasteiger partial charge is 0.495 e. The molecule has 1 N–H and O–H groups in total. The quantitative estimate of drug-likeness (QED) is 0.579. The van der Waals surface area contributed by atoms with Crippen LogP contribution in [-0.2, 0) is 11.3 Å². The smallest absolute Gasteiger partial charge is 0.271 e. The second-order valence-electron chi connectivity index (χ2n) is 6.84. The molecular formula is C20H22ClN3O4. The van der Waals surface area contributed by atoms with Crippen molar-refractivity contribution < 1.29 is 14.5 Å². The normalized spacial score (nSPS) is 17.1. The van der Waals surface area contributed by atoms with Crippen LogP contribution in [0.5, 0.6) is 5.75 Å². The summed E-state index contributed by atoms with van der Waals surface area (Å²) in [5, 5.41) is 14.5. The molecule has 2 aromatic rings. The number of nitro groups is 1. The molecule has 1 amide bonds. The van der Waals surface area contributed by atoms with Gasteiger partial charge in [-0.05, 0) is 43.1 Å². The third-order valence-corrected chi connectivity index (χ3v) is 5.06. The Kier molecular flexibility index (Phi) is 6.49. The van der Waals surface area contributed by atoms with E-state index >= 15 is 0 Å². The van der Waals surface area contributed by atoms with Crippen LogP contribution in [0.15, 0.2) is 42.5 Å². The number of likely N-dealkylation sites (tertiary alicyclic amines) is 1. The molecule has 1 aliphatic heterocycles. The van der Waals surface area contributed by atoms with Gasteiger partial charge in [0.15, 0.2) is 0 Å². The van der Waals surface area contributed by atoms with Crippen molar-refractivity contribution in [2.24, 2.45) is 5.92 Å². The van der Waals surface area contributed by atoms with Gasteiger partial charge < -0.3 is 10.1 Å². The molecule has 0 bridgehead atoms. The molecule has 148 valence electrons. The third kappa shape index (κ3) is 4.99. The van der Waals surface area contributed by atoms with Crippen LogP contribution in [0.1, 0.15) is 18.4 Å². The fourth-order valence-electron chi connectivity index (χ4n) is 3.45. The van der Waals surface area contributed by atoms with Gasteiger partial charge in [0, 0.05) is 30.2 Å². The van der Waals surface area contributed by atoms with Crippen LogP contribution in [0.4, 0.5) is 11.4 Å². The molecule has 0 aromatic heterocycles. The molecule has 1 heterocycles. The Hall–Kier alpha value is -2.64. The first-order valence-corrected chi connectivity index (χ1v) is 9.44. The van der Waals surface area contributed by atoms with Crippen LogP contribution in [0, 0.1) is 16.0 Å². The van der Waals surface area contributed by atoms with Crippen LogP contribution in [-0.4, -0.2) is 35.9 Å². The number of amides is 1. The number of ether oxygens (including phenoxy) is 1. The Morgan fingerprint density at radius 2 is 2.18 bits per heavy atom. The number of hydrogen-bond acceptors (Lipinski definition) is 5. The van der Waals surface area contributed by atoms with Gasteiger partial charge in [0.05, 0.1) is 23.6 Å². The van der Waals surface area contributed by atoms with E-state index in [1.807, 2.05) is 24.3 Å². The summed E-state index contributed by atoms with van der Waals surface area (Å²) in [6.07, 6.45) is 1.68. The summed E-state index contributed by atoms with van der Waals surface area (Å²) in [4.78, 5) is 25.5. The first kappa shape index (κ1) is 20.1. The summed E-state index contributed by atoms with van der Waals surface area (Å²) in [5.41, 5.74) is 1.32. The summed E-state index contributed by atoms with van der Waals surface area (Å²) in [5.74, 6) is 0.0389. The van der Waals surface area contributed by atoms with Crippen molar-refractivity contribution in [2.45, 2.75) is 19.4 Å². The van der Waals surface area contributed by atoms with Gasteiger partial charge in [-0.15, -0.1) is 0 Å². The van der Waals surface area contributed by atoms with Crippen LogP contribution in [0.3, 0.4) is 0 Å². The number of halogens is 1. The summed E-state index contributed by atoms with van der Waals surface area (Å²) in [6, 6.07) is 11.9. The van der Waals surface area contributed by atoms with Crippen LogP contribution < -0.4 is 10.1 Å². The average molecular weight is 404 g/mol. The number of hydrogen-bond donors (Lipinski definition) is 1. The number of benzene rings is 2. The molecule has 1 saturated heterocycles. The van der Waals surface area contributed by atoms with Crippen molar-refractivity contribution in [2.75, 3.05) is 25.5 Å². The molecule has 8 heteroatoms. The number of carbonyl (C=O) groups is 1. The van der Waals surface area contributed by atoms with Crippen molar-refractivity contribution >= 4 is 28.9 Å². The lowest BCUT2D eigenvalue weighted by atomic mass is 9.96. The van der Waals surface area contributed by atoms with Gasteiger partial charge >= 0.3 is 0 Å². The van der Waals surface area contributed by atoms with E-state index in [-0.39, 0.29) is 17.5 Å². The number of piperidine rings is 1. The Bertz CT molecular complexity index is 874. The summed E-state index contributed by atoms with van der Waals surface area (Å²) in [7, 11) is 1.46. The number of nitro benzene ring substituents is 1. The van der Waals surface area contributed by atoms with Crippen LogP contribution >= 0.6 is 11.6 Å². The van der Waals surface area contributed by atoms with Crippen LogP contribution in [0.25, 0.3) is 0 Å². The number of non-ortho nitro benzene ring substituents is 1. The summed E-state index contributed by atoms with van der Waals surface area (Å²) in [6.45, 7) is 2.26. The van der Waals surface area contributed by atoms with Gasteiger partial charge in [0.25, 0.3) is 5.69 Å². The van der Waals surface area contributed by atoms with E-state index in [0.717, 1.165) is 31.5 Å². The Balaban J connectivity index is 1.67. The SMILES string of the molecule is COc1ccc([N+](=O)[O-])cc1NC(=O)C1CCCN(Cc2cccc(Cl)c2)C1. The lowest BCUT2D eigenvalue weighted by Gasteiger charge is -2.32. The van der Waals surface area contributed by atoms with Crippen LogP contribution in [0.2, 0.25) is 5.02 Å². The van der Waals surface area contributed by atoms with Gasteiger partial charge in [-0.3, -0.25) is 19.8 Å². The van der Waals surface area contributed by atoms with Gasteiger partial charge in [0.1, 0.15) is 5.75 Å².